The van der Waals surface area contributed by atoms with Gasteiger partial charge in [0.25, 0.3) is 5.91 Å². The van der Waals surface area contributed by atoms with Crippen LogP contribution in [-0.2, 0) is 31.0 Å². The minimum atomic E-state index is -3.56. The Morgan fingerprint density at radius 1 is 1.11 bits per heavy atom. The monoisotopic (exact) mass is 511 g/mol. The van der Waals surface area contributed by atoms with E-state index in [0.717, 1.165) is 30.4 Å². The summed E-state index contributed by atoms with van der Waals surface area (Å²) in [5, 5.41) is 7.23. The average molecular weight is 512 g/mol. The summed E-state index contributed by atoms with van der Waals surface area (Å²) in [6, 6.07) is 16.9. The number of aryl methyl sites for hydroxylation is 1. The number of amides is 1. The van der Waals surface area contributed by atoms with Crippen molar-refractivity contribution in [3.8, 4) is 0 Å². The molecule has 8 nitrogen and oxygen atoms in total. The summed E-state index contributed by atoms with van der Waals surface area (Å²) in [7, 11) is -3.56. The van der Waals surface area contributed by atoms with Crippen LogP contribution >= 0.6 is 0 Å². The topological polar surface area (TPSA) is 97.3 Å². The van der Waals surface area contributed by atoms with Gasteiger partial charge in [-0.1, -0.05) is 53.2 Å². The number of piperidine rings is 1. The summed E-state index contributed by atoms with van der Waals surface area (Å²) in [5.74, 6) is -0.221. The molecule has 2 fully saturated rings. The molecular weight excluding hydrogens is 478 g/mol. The van der Waals surface area contributed by atoms with E-state index in [-0.39, 0.29) is 18.1 Å². The van der Waals surface area contributed by atoms with Gasteiger partial charge in [-0.05, 0) is 43.9 Å². The number of rotatable bonds is 7. The Labute approximate surface area is 212 Å². The van der Waals surface area contributed by atoms with Crippen molar-refractivity contribution in [3.05, 3.63) is 65.7 Å². The number of hydrogen-bond acceptors (Lipinski definition) is 6. The number of hydrogen-bond donors (Lipinski definition) is 1. The summed E-state index contributed by atoms with van der Waals surface area (Å²) < 4.78 is 33.7. The van der Waals surface area contributed by atoms with Crippen molar-refractivity contribution in [1.29, 1.82) is 0 Å². The molecule has 0 aromatic heterocycles. The van der Waals surface area contributed by atoms with Gasteiger partial charge in [-0.25, -0.2) is 8.42 Å². The number of carbonyl (C=O) groups is 1. The van der Waals surface area contributed by atoms with Crippen molar-refractivity contribution in [2.24, 2.45) is 5.16 Å². The van der Waals surface area contributed by atoms with Crippen molar-refractivity contribution in [1.82, 2.24) is 9.62 Å². The van der Waals surface area contributed by atoms with Crippen LogP contribution in [0.1, 0.15) is 49.7 Å². The van der Waals surface area contributed by atoms with Crippen molar-refractivity contribution < 1.29 is 22.8 Å². The third-order valence-corrected chi connectivity index (χ3v) is 9.38. The summed E-state index contributed by atoms with van der Waals surface area (Å²) in [5.41, 5.74) is 1.88. The van der Waals surface area contributed by atoms with E-state index in [1.54, 1.807) is 24.3 Å². The molecule has 1 saturated carbocycles. The van der Waals surface area contributed by atoms with E-state index in [1.165, 1.54) is 4.31 Å². The highest BCUT2D eigenvalue weighted by Crippen LogP contribution is 2.36. The normalized spacial score (nSPS) is 23.9. The Hall–Kier alpha value is -2.75. The number of ether oxygens (including phenoxy) is 1. The number of benzene rings is 2. The zero-order chi connectivity index (χ0) is 25.2. The van der Waals surface area contributed by atoms with Gasteiger partial charge in [0, 0.05) is 32.4 Å². The molecule has 1 N–H and O–H groups in total. The lowest BCUT2D eigenvalue weighted by molar-refractivity contribution is -0.116. The molecule has 1 saturated heterocycles. The molecule has 2 aromatic rings. The third kappa shape index (κ3) is 5.33. The fraction of sp³-hybridized carbons (Fsp3) is 0.481. The molecule has 0 radical (unpaired) electrons. The van der Waals surface area contributed by atoms with E-state index in [4.69, 9.17) is 9.57 Å². The fourth-order valence-electron chi connectivity index (χ4n) is 5.22. The molecule has 1 amide bonds. The van der Waals surface area contributed by atoms with E-state index in [0.29, 0.717) is 49.6 Å². The first kappa shape index (κ1) is 24.9. The Kier molecular flexibility index (Phi) is 7.14. The van der Waals surface area contributed by atoms with E-state index >= 15 is 0 Å². The number of sulfonamides is 1. The number of carbonyl (C=O) groups excluding carboxylic acids is 1. The van der Waals surface area contributed by atoms with Gasteiger partial charge in [0.05, 0.1) is 23.6 Å². The van der Waals surface area contributed by atoms with Crippen LogP contribution in [0.25, 0.3) is 0 Å². The second-order valence-electron chi connectivity index (χ2n) is 10.1. The Morgan fingerprint density at radius 3 is 2.56 bits per heavy atom. The van der Waals surface area contributed by atoms with Gasteiger partial charge < -0.3 is 14.9 Å². The van der Waals surface area contributed by atoms with Gasteiger partial charge in [-0.2, -0.15) is 4.31 Å². The second kappa shape index (κ2) is 10.3. The lowest BCUT2D eigenvalue weighted by atomic mass is 9.87. The Bertz CT molecular complexity index is 1210. The van der Waals surface area contributed by atoms with Gasteiger partial charge in [-0.3, -0.25) is 4.79 Å². The zero-order valence-corrected chi connectivity index (χ0v) is 21.4. The highest BCUT2D eigenvalue weighted by atomic mass is 32.2. The van der Waals surface area contributed by atoms with E-state index in [2.05, 4.69) is 10.5 Å². The zero-order valence-electron chi connectivity index (χ0n) is 20.6. The minimum absolute atomic E-state index is 0.0266. The maximum Gasteiger partial charge on any atom is 0.269 e. The largest absolute Gasteiger partial charge is 0.388 e. The Balaban J connectivity index is 1.13. The molecule has 5 rings (SSSR count). The average Bonchev–Trinajstić information content (AvgIpc) is 3.51. The highest BCUT2D eigenvalue weighted by Gasteiger charge is 2.46. The quantitative estimate of drug-likeness (QED) is 0.613. The van der Waals surface area contributed by atoms with Crippen LogP contribution < -0.4 is 5.32 Å². The van der Waals surface area contributed by atoms with Crippen LogP contribution in [-0.4, -0.2) is 55.2 Å². The maximum absolute atomic E-state index is 13.0. The first-order valence-corrected chi connectivity index (χ1v) is 14.1. The molecular formula is C27H33N3O5S. The SMILES string of the molecule is Cc1ccc(S(=O)(=O)N2CCC3(CC2)CC(C(=O)NC2CCCC2OCc2ccccc2)=NO3)cc1. The maximum atomic E-state index is 13.0. The number of nitrogens with zero attached hydrogens (tertiary/aromatic N) is 2. The van der Waals surface area contributed by atoms with E-state index < -0.39 is 15.6 Å². The third-order valence-electron chi connectivity index (χ3n) is 7.47. The Morgan fingerprint density at radius 2 is 1.83 bits per heavy atom. The first-order valence-electron chi connectivity index (χ1n) is 12.6. The molecule has 3 aliphatic rings. The second-order valence-corrected chi connectivity index (χ2v) is 12.0. The minimum Gasteiger partial charge on any atom is -0.388 e. The summed E-state index contributed by atoms with van der Waals surface area (Å²) in [6.07, 6.45) is 4.13. The number of oxime groups is 1. The van der Waals surface area contributed by atoms with Gasteiger partial charge >= 0.3 is 0 Å². The summed E-state index contributed by atoms with van der Waals surface area (Å²) in [4.78, 5) is 19.1. The van der Waals surface area contributed by atoms with E-state index in [1.807, 2.05) is 37.3 Å². The van der Waals surface area contributed by atoms with Crippen molar-refractivity contribution in [3.63, 3.8) is 0 Å². The van der Waals surface area contributed by atoms with Crippen molar-refractivity contribution in [2.75, 3.05) is 13.1 Å². The van der Waals surface area contributed by atoms with Gasteiger partial charge in [0.15, 0.2) is 0 Å². The molecule has 9 heteroatoms. The van der Waals surface area contributed by atoms with Crippen LogP contribution in [0, 0.1) is 6.92 Å². The smallest absolute Gasteiger partial charge is 0.269 e. The molecule has 36 heavy (non-hydrogen) atoms. The van der Waals surface area contributed by atoms with Gasteiger partial charge in [0.1, 0.15) is 11.3 Å². The van der Waals surface area contributed by atoms with Gasteiger partial charge in [0.2, 0.25) is 10.0 Å². The predicted molar refractivity (Wildman–Crippen MR) is 136 cm³/mol. The molecule has 2 heterocycles. The molecule has 0 bridgehead atoms. The lowest BCUT2D eigenvalue weighted by Crippen LogP contribution is -2.48. The van der Waals surface area contributed by atoms with Gasteiger partial charge in [-0.15, -0.1) is 0 Å². The molecule has 2 unspecified atom stereocenters. The van der Waals surface area contributed by atoms with Crippen LogP contribution in [0.2, 0.25) is 0 Å². The predicted octanol–water partition coefficient (Wildman–Crippen LogP) is 3.55. The highest BCUT2D eigenvalue weighted by molar-refractivity contribution is 7.89. The fourth-order valence-corrected chi connectivity index (χ4v) is 6.67. The van der Waals surface area contributed by atoms with Crippen LogP contribution in [0.5, 0.6) is 0 Å². The first-order chi connectivity index (χ1) is 17.3. The molecule has 192 valence electrons. The molecule has 1 spiro atoms. The number of nitrogens with one attached hydrogen (secondary N) is 1. The lowest BCUT2D eigenvalue weighted by Gasteiger charge is -2.36. The van der Waals surface area contributed by atoms with Crippen LogP contribution in [0.3, 0.4) is 0 Å². The molecule has 2 aromatic carbocycles. The van der Waals surface area contributed by atoms with Crippen LogP contribution in [0.4, 0.5) is 0 Å². The van der Waals surface area contributed by atoms with Crippen molar-refractivity contribution in [2.45, 2.75) is 74.7 Å². The molecule has 2 atom stereocenters. The molecule has 2 aliphatic heterocycles. The standard InChI is InChI=1S/C27H33N3O5S/c1-20-10-12-22(13-11-20)36(32,33)30-16-14-27(15-17-30)18-24(29-35-27)26(31)28-23-8-5-9-25(23)34-19-21-6-3-2-4-7-21/h2-4,6-7,10-13,23,25H,5,8-9,14-19H2,1H3,(H,28,31). The summed E-state index contributed by atoms with van der Waals surface area (Å²) >= 11 is 0. The summed E-state index contributed by atoms with van der Waals surface area (Å²) in [6.45, 7) is 3.11. The van der Waals surface area contributed by atoms with Crippen molar-refractivity contribution >= 4 is 21.6 Å². The van der Waals surface area contributed by atoms with Crippen LogP contribution in [0.15, 0.2) is 64.6 Å². The van der Waals surface area contributed by atoms with E-state index in [9.17, 15) is 13.2 Å². The molecule has 1 aliphatic carbocycles.